The van der Waals surface area contributed by atoms with Crippen molar-refractivity contribution < 1.29 is 35.1 Å². The van der Waals surface area contributed by atoms with Crippen molar-refractivity contribution in [2.75, 3.05) is 7.05 Å². The second-order valence-corrected chi connectivity index (χ2v) is 4.36. The number of hydrogen-bond donors (Lipinski definition) is 1. The first-order chi connectivity index (χ1) is 9.48. The Balaban J connectivity index is 3.17. The van der Waals surface area contributed by atoms with Crippen molar-refractivity contribution in [2.45, 2.75) is 24.8 Å². The molecule has 0 fully saturated rings. The highest BCUT2D eigenvalue weighted by atomic mass is 19.4. The van der Waals surface area contributed by atoms with E-state index in [2.05, 4.69) is 0 Å². The Labute approximate surface area is 114 Å². The van der Waals surface area contributed by atoms with Crippen LogP contribution in [0.2, 0.25) is 0 Å². The third-order valence-corrected chi connectivity index (χ3v) is 2.96. The Kier molecular flexibility index (Phi) is 5.19. The van der Waals surface area contributed by atoms with E-state index in [0.717, 1.165) is 25.2 Å². The number of benzene rings is 1. The molecule has 0 aliphatic heterocycles. The first-order valence-corrected chi connectivity index (χ1v) is 5.72. The molecule has 1 N–H and O–H groups in total. The van der Waals surface area contributed by atoms with Gasteiger partial charge in [0.2, 0.25) is 0 Å². The number of nitrogens with one attached hydrogen (secondary N) is 1. The predicted molar refractivity (Wildman–Crippen MR) is 58.5 cm³/mol. The number of halogens is 8. The maximum absolute atomic E-state index is 13.4. The summed E-state index contributed by atoms with van der Waals surface area (Å²) in [5.74, 6) is -6.12. The minimum atomic E-state index is -5.59. The number of likely N-dealkylation sites (N-methyl/N-ethyl adjacent to an activating group) is 1. The maximum atomic E-state index is 13.4. The van der Waals surface area contributed by atoms with E-state index in [0.29, 0.717) is 0 Å². The molecule has 1 rings (SSSR count). The number of hydrogen-bond acceptors (Lipinski definition) is 1. The van der Waals surface area contributed by atoms with Crippen molar-refractivity contribution >= 4 is 0 Å². The molecule has 1 atom stereocenters. The lowest BCUT2D eigenvalue weighted by atomic mass is 9.92. The molecule has 9 heteroatoms. The second kappa shape index (κ2) is 6.17. The van der Waals surface area contributed by atoms with Gasteiger partial charge in [0.05, 0.1) is 0 Å². The lowest BCUT2D eigenvalue weighted by Gasteiger charge is -2.30. The summed E-state index contributed by atoms with van der Waals surface area (Å²) in [6.07, 6.45) is -12.3. The van der Waals surface area contributed by atoms with Gasteiger partial charge in [-0.05, 0) is 25.6 Å². The molecular formula is C12H11F8N. The van der Waals surface area contributed by atoms with Crippen LogP contribution < -0.4 is 5.32 Å². The molecular weight excluding hydrogens is 310 g/mol. The summed E-state index contributed by atoms with van der Waals surface area (Å²) in [4.78, 5) is 0. The minimum absolute atomic E-state index is 0.765. The SMILES string of the molecule is CNC(Cc1c(F)cccc1F)C(C(F)(F)F)C(F)(F)F. The van der Waals surface area contributed by atoms with Crippen LogP contribution in [0.1, 0.15) is 5.56 Å². The van der Waals surface area contributed by atoms with E-state index >= 15 is 0 Å². The molecule has 1 nitrogen and oxygen atoms in total. The van der Waals surface area contributed by atoms with E-state index in [1.54, 1.807) is 0 Å². The zero-order valence-electron chi connectivity index (χ0n) is 10.6. The summed E-state index contributed by atoms with van der Waals surface area (Å²) < 4.78 is 102. The summed E-state index contributed by atoms with van der Waals surface area (Å²) in [6, 6.07) is 0.257. The molecule has 0 spiro atoms. The number of alkyl halides is 6. The average Bonchev–Trinajstić information content (AvgIpc) is 2.28. The van der Waals surface area contributed by atoms with Crippen LogP contribution in [0.4, 0.5) is 35.1 Å². The van der Waals surface area contributed by atoms with E-state index in [1.807, 2.05) is 5.32 Å². The van der Waals surface area contributed by atoms with Crippen LogP contribution in [0, 0.1) is 17.6 Å². The van der Waals surface area contributed by atoms with Crippen molar-refractivity contribution in [2.24, 2.45) is 5.92 Å². The van der Waals surface area contributed by atoms with Crippen LogP contribution in [0.15, 0.2) is 18.2 Å². The molecule has 1 aromatic carbocycles. The lowest BCUT2D eigenvalue weighted by Crippen LogP contribution is -2.51. The Bertz CT molecular complexity index is 445. The van der Waals surface area contributed by atoms with Gasteiger partial charge in [0.1, 0.15) is 11.6 Å². The summed E-state index contributed by atoms with van der Waals surface area (Å²) in [7, 11) is 0.869. The average molecular weight is 321 g/mol. The van der Waals surface area contributed by atoms with Gasteiger partial charge < -0.3 is 5.32 Å². The van der Waals surface area contributed by atoms with Crippen molar-refractivity contribution in [1.82, 2.24) is 5.32 Å². The smallest absolute Gasteiger partial charge is 0.316 e. The lowest BCUT2D eigenvalue weighted by molar-refractivity contribution is -0.291. The van der Waals surface area contributed by atoms with Gasteiger partial charge in [-0.2, -0.15) is 26.3 Å². The van der Waals surface area contributed by atoms with Crippen LogP contribution in [0.3, 0.4) is 0 Å². The highest BCUT2D eigenvalue weighted by Crippen LogP contribution is 2.42. The monoisotopic (exact) mass is 321 g/mol. The van der Waals surface area contributed by atoms with E-state index in [-0.39, 0.29) is 0 Å². The fraction of sp³-hybridized carbons (Fsp3) is 0.500. The first-order valence-electron chi connectivity index (χ1n) is 5.72. The molecule has 120 valence electrons. The molecule has 0 amide bonds. The molecule has 21 heavy (non-hydrogen) atoms. The molecule has 0 aliphatic carbocycles. The highest BCUT2D eigenvalue weighted by Gasteiger charge is 2.59. The minimum Gasteiger partial charge on any atom is -0.316 e. The van der Waals surface area contributed by atoms with Crippen LogP contribution >= 0.6 is 0 Å². The van der Waals surface area contributed by atoms with Gasteiger partial charge in [0.15, 0.2) is 5.92 Å². The third-order valence-electron chi connectivity index (χ3n) is 2.96. The van der Waals surface area contributed by atoms with Gasteiger partial charge in [-0.1, -0.05) is 6.07 Å². The number of rotatable bonds is 4. The molecule has 0 saturated carbocycles. The maximum Gasteiger partial charge on any atom is 0.402 e. The zero-order chi connectivity index (χ0) is 16.4. The molecule has 0 radical (unpaired) electrons. The Morgan fingerprint density at radius 3 is 1.71 bits per heavy atom. The Hall–Kier alpha value is -1.38. The molecule has 0 heterocycles. The summed E-state index contributed by atoms with van der Waals surface area (Å²) in [6.45, 7) is 0. The molecule has 1 aromatic rings. The molecule has 0 bridgehead atoms. The van der Waals surface area contributed by atoms with Gasteiger partial charge in [0.25, 0.3) is 0 Å². The van der Waals surface area contributed by atoms with Crippen LogP contribution in [-0.2, 0) is 6.42 Å². The fourth-order valence-electron chi connectivity index (χ4n) is 1.98. The molecule has 0 saturated heterocycles. The van der Waals surface area contributed by atoms with Gasteiger partial charge in [-0.25, -0.2) is 8.78 Å². The van der Waals surface area contributed by atoms with Crippen molar-refractivity contribution in [1.29, 1.82) is 0 Å². The quantitative estimate of drug-likeness (QED) is 0.831. The normalized spacial score (nSPS) is 14.6. The van der Waals surface area contributed by atoms with Crippen molar-refractivity contribution in [3.05, 3.63) is 35.4 Å². The molecule has 0 aliphatic rings. The Morgan fingerprint density at radius 1 is 0.952 bits per heavy atom. The van der Waals surface area contributed by atoms with Gasteiger partial charge in [0, 0.05) is 11.6 Å². The predicted octanol–water partition coefficient (Wildman–Crippen LogP) is 3.84. The summed E-state index contributed by atoms with van der Waals surface area (Å²) in [5.41, 5.74) is -0.824. The molecule has 1 unspecified atom stereocenters. The molecule has 0 aromatic heterocycles. The van der Waals surface area contributed by atoms with Crippen molar-refractivity contribution in [3.63, 3.8) is 0 Å². The van der Waals surface area contributed by atoms with E-state index in [4.69, 9.17) is 0 Å². The largest absolute Gasteiger partial charge is 0.402 e. The third kappa shape index (κ3) is 4.29. The highest BCUT2D eigenvalue weighted by molar-refractivity contribution is 5.21. The second-order valence-electron chi connectivity index (χ2n) is 4.36. The zero-order valence-corrected chi connectivity index (χ0v) is 10.6. The van der Waals surface area contributed by atoms with Gasteiger partial charge in [-0.3, -0.25) is 0 Å². The van der Waals surface area contributed by atoms with E-state index < -0.39 is 47.9 Å². The topological polar surface area (TPSA) is 12.0 Å². The fourth-order valence-corrected chi connectivity index (χ4v) is 1.98. The summed E-state index contributed by atoms with van der Waals surface area (Å²) in [5, 5.41) is 1.84. The van der Waals surface area contributed by atoms with E-state index in [1.165, 1.54) is 0 Å². The van der Waals surface area contributed by atoms with Gasteiger partial charge >= 0.3 is 12.4 Å². The van der Waals surface area contributed by atoms with E-state index in [9.17, 15) is 35.1 Å². The van der Waals surface area contributed by atoms with Crippen LogP contribution in [0.5, 0.6) is 0 Å². The Morgan fingerprint density at radius 2 is 1.38 bits per heavy atom. The standard InChI is InChI=1S/C12H11F8N/c1-21-9(10(11(15,16)17)12(18,19)20)5-6-7(13)3-2-4-8(6)14/h2-4,9-10,21H,5H2,1H3. The van der Waals surface area contributed by atoms with Crippen LogP contribution in [0.25, 0.3) is 0 Å². The first kappa shape index (κ1) is 17.7. The summed E-state index contributed by atoms with van der Waals surface area (Å²) >= 11 is 0. The van der Waals surface area contributed by atoms with Crippen LogP contribution in [-0.4, -0.2) is 25.4 Å². The van der Waals surface area contributed by atoms with Crippen molar-refractivity contribution in [3.8, 4) is 0 Å². The van der Waals surface area contributed by atoms with Gasteiger partial charge in [-0.15, -0.1) is 0 Å².